The molecular weight excluding hydrogens is 408 g/mol. The Morgan fingerprint density at radius 3 is 2.81 bits per heavy atom. The molecular formula is C23H28N6O3. The molecule has 168 valence electrons. The van der Waals surface area contributed by atoms with E-state index in [4.69, 9.17) is 4.74 Å². The molecule has 2 bridgehead atoms. The van der Waals surface area contributed by atoms with Gasteiger partial charge in [-0.2, -0.15) is 0 Å². The number of benzene rings is 1. The van der Waals surface area contributed by atoms with Crippen molar-refractivity contribution in [1.82, 2.24) is 14.9 Å². The number of nitrogens with one attached hydrogen (secondary N) is 3. The van der Waals surface area contributed by atoms with Gasteiger partial charge in [-0.3, -0.25) is 9.59 Å². The second-order valence-corrected chi connectivity index (χ2v) is 7.88. The van der Waals surface area contributed by atoms with Crippen LogP contribution in [0.4, 0.5) is 17.3 Å². The van der Waals surface area contributed by atoms with Gasteiger partial charge in [-0.25, -0.2) is 9.97 Å². The number of hydrogen-bond acceptors (Lipinski definition) is 7. The largest absolute Gasteiger partial charge is 0.494 e. The summed E-state index contributed by atoms with van der Waals surface area (Å²) in [5.74, 6) is 1.65. The smallest absolute Gasteiger partial charge is 0.259 e. The van der Waals surface area contributed by atoms with Crippen molar-refractivity contribution in [3.05, 3.63) is 42.4 Å². The first-order chi connectivity index (χ1) is 15.6. The van der Waals surface area contributed by atoms with Crippen molar-refractivity contribution >= 4 is 34.7 Å². The van der Waals surface area contributed by atoms with Gasteiger partial charge in [0.05, 0.1) is 17.7 Å². The third-order valence-corrected chi connectivity index (χ3v) is 5.53. The maximum atomic E-state index is 12.6. The van der Waals surface area contributed by atoms with Crippen LogP contribution in [0.1, 0.15) is 37.7 Å². The van der Waals surface area contributed by atoms with Gasteiger partial charge in [0.15, 0.2) is 0 Å². The predicted molar refractivity (Wildman–Crippen MR) is 123 cm³/mol. The van der Waals surface area contributed by atoms with E-state index in [0.717, 1.165) is 37.1 Å². The van der Waals surface area contributed by atoms with Crippen molar-refractivity contribution in [2.75, 3.05) is 42.7 Å². The monoisotopic (exact) mass is 436 g/mol. The van der Waals surface area contributed by atoms with Crippen LogP contribution < -0.4 is 20.7 Å². The molecule has 1 aromatic heterocycles. The van der Waals surface area contributed by atoms with E-state index < -0.39 is 0 Å². The minimum atomic E-state index is -0.252. The van der Waals surface area contributed by atoms with Crippen LogP contribution in [0.25, 0.3) is 5.57 Å². The van der Waals surface area contributed by atoms with Gasteiger partial charge in [0.25, 0.3) is 5.91 Å². The Morgan fingerprint density at radius 1 is 1.06 bits per heavy atom. The Bertz CT molecular complexity index is 1020. The van der Waals surface area contributed by atoms with Gasteiger partial charge in [0, 0.05) is 44.5 Å². The van der Waals surface area contributed by atoms with E-state index in [9.17, 15) is 9.59 Å². The molecule has 4 rings (SSSR count). The summed E-state index contributed by atoms with van der Waals surface area (Å²) < 4.78 is 5.86. The molecule has 32 heavy (non-hydrogen) atoms. The predicted octanol–water partition coefficient (Wildman–Crippen LogP) is 3.09. The summed E-state index contributed by atoms with van der Waals surface area (Å²) in [6.45, 7) is 1.68. The van der Waals surface area contributed by atoms with Crippen LogP contribution in [0, 0.1) is 0 Å². The standard InChI is InChI=1S/C23H28N6O3/c1-29-11-10-24-21-20-18(23(31)28-22(20)27-15-26-21)14-25-16-7-6-8-17(13-16)32-12-5-3-2-4-9-19(29)30/h6-8,13-15,25H,2-5,9-12H2,1H3,(H2,24,26,27,28,31)/b18-14-. The number of hydrogen-bond donors (Lipinski definition) is 3. The van der Waals surface area contributed by atoms with Crippen LogP contribution in [0.3, 0.4) is 0 Å². The number of aromatic nitrogens is 2. The van der Waals surface area contributed by atoms with Crippen molar-refractivity contribution in [3.63, 3.8) is 0 Å². The quantitative estimate of drug-likeness (QED) is 0.582. The molecule has 0 aliphatic carbocycles. The molecule has 1 aromatic carbocycles. The van der Waals surface area contributed by atoms with E-state index in [2.05, 4.69) is 25.9 Å². The minimum Gasteiger partial charge on any atom is -0.494 e. The average molecular weight is 437 g/mol. The fraction of sp³-hybridized carbons (Fsp3) is 0.391. The van der Waals surface area contributed by atoms with E-state index in [1.54, 1.807) is 11.1 Å². The molecule has 0 saturated carbocycles. The van der Waals surface area contributed by atoms with Crippen LogP contribution >= 0.6 is 0 Å². The molecule has 2 amide bonds. The molecule has 3 heterocycles. The van der Waals surface area contributed by atoms with E-state index in [1.165, 1.54) is 6.33 Å². The molecule has 3 N–H and O–H groups in total. The van der Waals surface area contributed by atoms with Crippen LogP contribution in [0.2, 0.25) is 0 Å². The lowest BCUT2D eigenvalue weighted by Crippen LogP contribution is -2.31. The van der Waals surface area contributed by atoms with Crippen LogP contribution in [0.5, 0.6) is 5.75 Å². The van der Waals surface area contributed by atoms with Gasteiger partial charge >= 0.3 is 0 Å². The molecule has 9 heteroatoms. The Hall–Kier alpha value is -3.62. The summed E-state index contributed by atoms with van der Waals surface area (Å²) in [6, 6.07) is 7.63. The topological polar surface area (TPSA) is 108 Å². The lowest BCUT2D eigenvalue weighted by atomic mass is 10.1. The summed E-state index contributed by atoms with van der Waals surface area (Å²) in [6.07, 6.45) is 7.45. The van der Waals surface area contributed by atoms with E-state index >= 15 is 0 Å². The van der Waals surface area contributed by atoms with Gasteiger partial charge in [0.2, 0.25) is 5.91 Å². The maximum absolute atomic E-state index is 12.6. The second kappa shape index (κ2) is 10.1. The maximum Gasteiger partial charge on any atom is 0.259 e. The Labute approximate surface area is 187 Å². The Morgan fingerprint density at radius 2 is 1.91 bits per heavy atom. The molecule has 2 aliphatic heterocycles. The van der Waals surface area contributed by atoms with Gasteiger partial charge in [0.1, 0.15) is 23.7 Å². The Kier molecular flexibility index (Phi) is 6.84. The first kappa shape index (κ1) is 21.6. The highest BCUT2D eigenvalue weighted by molar-refractivity contribution is 6.32. The zero-order valence-electron chi connectivity index (χ0n) is 18.2. The van der Waals surface area contributed by atoms with Crippen molar-refractivity contribution in [3.8, 4) is 5.75 Å². The number of ether oxygens (including phenoxy) is 1. The van der Waals surface area contributed by atoms with Crippen molar-refractivity contribution in [2.45, 2.75) is 32.1 Å². The van der Waals surface area contributed by atoms with Gasteiger partial charge in [-0.15, -0.1) is 0 Å². The number of amides is 2. The molecule has 9 nitrogen and oxygen atoms in total. The lowest BCUT2D eigenvalue weighted by Gasteiger charge is -2.18. The molecule has 0 saturated heterocycles. The van der Waals surface area contributed by atoms with Crippen LogP contribution in [-0.4, -0.2) is 53.4 Å². The first-order valence-electron chi connectivity index (χ1n) is 11.0. The lowest BCUT2D eigenvalue weighted by molar-refractivity contribution is -0.129. The second-order valence-electron chi connectivity index (χ2n) is 7.88. The molecule has 0 fully saturated rings. The third-order valence-electron chi connectivity index (χ3n) is 5.53. The molecule has 0 atom stereocenters. The highest BCUT2D eigenvalue weighted by atomic mass is 16.5. The summed E-state index contributed by atoms with van der Waals surface area (Å²) in [4.78, 5) is 35.2. The number of likely N-dealkylation sites (N-methyl/N-ethyl adjacent to an activating group) is 1. The molecule has 0 unspecified atom stereocenters. The summed E-state index contributed by atoms with van der Waals surface area (Å²) in [5.41, 5.74) is 1.87. The number of nitrogens with zero attached hydrogens (tertiary/aromatic N) is 3. The fourth-order valence-corrected chi connectivity index (χ4v) is 3.71. The van der Waals surface area contributed by atoms with Crippen LogP contribution in [0.15, 0.2) is 36.8 Å². The van der Waals surface area contributed by atoms with Gasteiger partial charge in [-0.05, 0) is 25.0 Å². The number of rotatable bonds is 0. The average Bonchev–Trinajstić information content (AvgIpc) is 3.12. The van der Waals surface area contributed by atoms with Crippen molar-refractivity contribution in [2.24, 2.45) is 0 Å². The van der Waals surface area contributed by atoms with Crippen LogP contribution in [-0.2, 0) is 9.59 Å². The number of fused-ring (bicyclic) bond motifs is 2. The fourth-order valence-electron chi connectivity index (χ4n) is 3.71. The highest BCUT2D eigenvalue weighted by Crippen LogP contribution is 2.34. The zero-order chi connectivity index (χ0) is 22.3. The molecule has 2 aliphatic rings. The summed E-state index contributed by atoms with van der Waals surface area (Å²) in [7, 11) is 1.81. The molecule has 2 aromatic rings. The molecule has 0 spiro atoms. The first-order valence-corrected chi connectivity index (χ1v) is 11.0. The van der Waals surface area contributed by atoms with E-state index in [1.807, 2.05) is 31.3 Å². The van der Waals surface area contributed by atoms with Gasteiger partial charge < -0.3 is 25.6 Å². The summed E-state index contributed by atoms with van der Waals surface area (Å²) in [5, 5.41) is 9.21. The SMILES string of the molecule is CN1CCNc2ncnc3c2/C(=C/Nc2cccc(c2)OCCCCCCC1=O)C(=O)N3. The minimum absolute atomic E-state index is 0.129. The van der Waals surface area contributed by atoms with Crippen molar-refractivity contribution < 1.29 is 14.3 Å². The molecule has 0 radical (unpaired) electrons. The number of carbonyl (C=O) groups excluding carboxylic acids is 2. The van der Waals surface area contributed by atoms with E-state index in [0.29, 0.717) is 48.9 Å². The third kappa shape index (κ3) is 5.16. The Balaban J connectivity index is 1.58. The van der Waals surface area contributed by atoms with Gasteiger partial charge in [-0.1, -0.05) is 18.9 Å². The zero-order valence-corrected chi connectivity index (χ0v) is 18.2. The highest BCUT2D eigenvalue weighted by Gasteiger charge is 2.29. The number of carbonyl (C=O) groups is 2. The summed E-state index contributed by atoms with van der Waals surface area (Å²) >= 11 is 0. The van der Waals surface area contributed by atoms with Crippen molar-refractivity contribution in [1.29, 1.82) is 0 Å². The normalized spacial score (nSPS) is 19.4. The van der Waals surface area contributed by atoms with E-state index in [-0.39, 0.29) is 11.8 Å². The number of anilines is 3.